The van der Waals surface area contributed by atoms with Crippen molar-refractivity contribution in [1.29, 1.82) is 0 Å². The van der Waals surface area contributed by atoms with Crippen molar-refractivity contribution in [2.75, 3.05) is 5.32 Å². The number of hydrogen-bond acceptors (Lipinski definition) is 2. The molecule has 1 amide bonds. The molecule has 0 radical (unpaired) electrons. The van der Waals surface area contributed by atoms with E-state index in [0.29, 0.717) is 6.42 Å². The molecular formula is C18H22N2O. The van der Waals surface area contributed by atoms with E-state index in [4.69, 9.17) is 5.73 Å². The zero-order valence-electron chi connectivity index (χ0n) is 12.6. The normalized spacial score (nSPS) is 12.0. The molecule has 0 aliphatic heterocycles. The molecule has 0 bridgehead atoms. The topological polar surface area (TPSA) is 55.1 Å². The van der Waals surface area contributed by atoms with E-state index in [0.717, 1.165) is 17.7 Å². The molecule has 0 aliphatic carbocycles. The molecule has 3 nitrogen and oxygen atoms in total. The van der Waals surface area contributed by atoms with Crippen molar-refractivity contribution in [3.05, 3.63) is 65.2 Å². The monoisotopic (exact) mass is 282 g/mol. The van der Waals surface area contributed by atoms with Crippen LogP contribution in [0.4, 0.5) is 5.69 Å². The van der Waals surface area contributed by atoms with E-state index in [-0.39, 0.29) is 5.91 Å². The van der Waals surface area contributed by atoms with Crippen LogP contribution in [0.1, 0.15) is 23.1 Å². The maximum Gasteiger partial charge on any atom is 0.241 e. The predicted octanol–water partition coefficient (Wildman–Crippen LogP) is 3.20. The van der Waals surface area contributed by atoms with Crippen LogP contribution in [-0.2, 0) is 11.2 Å². The van der Waals surface area contributed by atoms with Crippen LogP contribution in [0.25, 0.3) is 0 Å². The third kappa shape index (κ3) is 4.43. The minimum absolute atomic E-state index is 0.130. The Morgan fingerprint density at radius 3 is 2.48 bits per heavy atom. The lowest BCUT2D eigenvalue weighted by Gasteiger charge is -2.13. The van der Waals surface area contributed by atoms with Gasteiger partial charge in [-0.1, -0.05) is 36.4 Å². The highest BCUT2D eigenvalue weighted by atomic mass is 16.2. The first-order valence-electron chi connectivity index (χ1n) is 7.24. The van der Waals surface area contributed by atoms with Crippen LogP contribution in [0.2, 0.25) is 0 Å². The Hall–Kier alpha value is -2.13. The Bertz CT molecular complexity index is 608. The largest absolute Gasteiger partial charge is 0.325 e. The van der Waals surface area contributed by atoms with Gasteiger partial charge in [-0.25, -0.2) is 0 Å². The summed E-state index contributed by atoms with van der Waals surface area (Å²) in [5.74, 6) is -0.130. The molecule has 110 valence electrons. The van der Waals surface area contributed by atoms with Gasteiger partial charge in [0, 0.05) is 5.69 Å². The van der Waals surface area contributed by atoms with Crippen molar-refractivity contribution in [3.8, 4) is 0 Å². The van der Waals surface area contributed by atoms with Gasteiger partial charge in [0.25, 0.3) is 0 Å². The van der Waals surface area contributed by atoms with Crippen molar-refractivity contribution in [2.24, 2.45) is 5.73 Å². The van der Waals surface area contributed by atoms with Crippen molar-refractivity contribution in [2.45, 2.75) is 32.7 Å². The van der Waals surface area contributed by atoms with E-state index in [9.17, 15) is 4.79 Å². The lowest BCUT2D eigenvalue weighted by atomic mass is 10.0. The number of rotatable bonds is 5. The highest BCUT2D eigenvalue weighted by Crippen LogP contribution is 2.14. The number of hydrogen-bond donors (Lipinski definition) is 2. The van der Waals surface area contributed by atoms with Gasteiger partial charge in [0.15, 0.2) is 0 Å². The number of benzene rings is 2. The second-order valence-electron chi connectivity index (χ2n) is 5.42. The zero-order valence-corrected chi connectivity index (χ0v) is 12.6. The molecule has 0 spiro atoms. The molecular weight excluding hydrogens is 260 g/mol. The zero-order chi connectivity index (χ0) is 15.2. The molecule has 2 rings (SSSR count). The molecule has 3 N–H and O–H groups in total. The third-order valence-corrected chi connectivity index (χ3v) is 3.70. The Morgan fingerprint density at radius 2 is 1.81 bits per heavy atom. The summed E-state index contributed by atoms with van der Waals surface area (Å²) in [5.41, 5.74) is 10.3. The van der Waals surface area contributed by atoms with E-state index >= 15 is 0 Å². The van der Waals surface area contributed by atoms with Crippen LogP contribution in [0.15, 0.2) is 48.5 Å². The van der Waals surface area contributed by atoms with Crippen molar-refractivity contribution in [3.63, 3.8) is 0 Å². The quantitative estimate of drug-likeness (QED) is 0.884. The van der Waals surface area contributed by atoms with Gasteiger partial charge in [0.1, 0.15) is 0 Å². The highest BCUT2D eigenvalue weighted by molar-refractivity contribution is 5.94. The molecule has 1 atom stereocenters. The molecule has 2 aromatic carbocycles. The van der Waals surface area contributed by atoms with E-state index in [1.165, 1.54) is 11.1 Å². The summed E-state index contributed by atoms with van der Waals surface area (Å²) in [7, 11) is 0. The summed E-state index contributed by atoms with van der Waals surface area (Å²) in [4.78, 5) is 12.1. The highest BCUT2D eigenvalue weighted by Gasteiger charge is 2.13. The first-order valence-corrected chi connectivity index (χ1v) is 7.24. The van der Waals surface area contributed by atoms with Gasteiger partial charge in [-0.05, 0) is 55.5 Å². The van der Waals surface area contributed by atoms with Crippen LogP contribution in [0.3, 0.4) is 0 Å². The summed E-state index contributed by atoms with van der Waals surface area (Å²) in [6.45, 7) is 4.08. The van der Waals surface area contributed by atoms with Gasteiger partial charge in [-0.3, -0.25) is 4.79 Å². The van der Waals surface area contributed by atoms with Gasteiger partial charge >= 0.3 is 0 Å². The Kier molecular flexibility index (Phi) is 5.12. The summed E-state index contributed by atoms with van der Waals surface area (Å²) in [5, 5.41) is 2.88. The standard InChI is InChI=1S/C18H22N2O/c1-13-8-10-16(12-14(13)2)20-18(21)17(19)11-9-15-6-4-3-5-7-15/h3-8,10,12,17H,9,11,19H2,1-2H3,(H,20,21)/t17-/m0/s1. The van der Waals surface area contributed by atoms with Gasteiger partial charge in [0.2, 0.25) is 5.91 Å². The number of aryl methyl sites for hydroxylation is 3. The van der Waals surface area contributed by atoms with Crippen LogP contribution in [0.5, 0.6) is 0 Å². The minimum atomic E-state index is -0.494. The lowest BCUT2D eigenvalue weighted by Crippen LogP contribution is -2.36. The van der Waals surface area contributed by atoms with Crippen LogP contribution >= 0.6 is 0 Å². The molecule has 2 aromatic rings. The predicted molar refractivity (Wildman–Crippen MR) is 87.3 cm³/mol. The smallest absolute Gasteiger partial charge is 0.241 e. The number of anilines is 1. The van der Waals surface area contributed by atoms with Gasteiger partial charge < -0.3 is 11.1 Å². The van der Waals surface area contributed by atoms with Crippen LogP contribution in [-0.4, -0.2) is 11.9 Å². The third-order valence-electron chi connectivity index (χ3n) is 3.70. The Morgan fingerprint density at radius 1 is 1.10 bits per heavy atom. The van der Waals surface area contributed by atoms with E-state index in [1.807, 2.05) is 62.4 Å². The number of carbonyl (C=O) groups is 1. The van der Waals surface area contributed by atoms with Gasteiger partial charge in [0.05, 0.1) is 6.04 Å². The number of amides is 1. The average molecular weight is 282 g/mol. The summed E-state index contributed by atoms with van der Waals surface area (Å²) in [6, 6.07) is 15.5. The van der Waals surface area contributed by atoms with Crippen LogP contribution < -0.4 is 11.1 Å². The number of nitrogens with one attached hydrogen (secondary N) is 1. The fourth-order valence-corrected chi connectivity index (χ4v) is 2.15. The minimum Gasteiger partial charge on any atom is -0.325 e. The van der Waals surface area contributed by atoms with Gasteiger partial charge in [-0.15, -0.1) is 0 Å². The Balaban J connectivity index is 1.89. The van der Waals surface area contributed by atoms with E-state index in [2.05, 4.69) is 5.32 Å². The molecule has 21 heavy (non-hydrogen) atoms. The SMILES string of the molecule is Cc1ccc(NC(=O)[C@@H](N)CCc2ccccc2)cc1C. The maximum atomic E-state index is 12.1. The van der Waals surface area contributed by atoms with Crippen molar-refractivity contribution < 1.29 is 4.79 Å². The molecule has 0 fully saturated rings. The molecule has 0 saturated heterocycles. The molecule has 0 aliphatic rings. The Labute approximate surface area is 126 Å². The molecule has 0 saturated carbocycles. The summed E-state index contributed by atoms with van der Waals surface area (Å²) in [6.07, 6.45) is 1.45. The lowest BCUT2D eigenvalue weighted by molar-refractivity contribution is -0.117. The van der Waals surface area contributed by atoms with Gasteiger partial charge in [-0.2, -0.15) is 0 Å². The summed E-state index contributed by atoms with van der Waals surface area (Å²) < 4.78 is 0. The van der Waals surface area contributed by atoms with E-state index < -0.39 is 6.04 Å². The second kappa shape index (κ2) is 7.04. The first-order chi connectivity index (χ1) is 10.1. The molecule has 0 aromatic heterocycles. The average Bonchev–Trinajstić information content (AvgIpc) is 2.49. The second-order valence-corrected chi connectivity index (χ2v) is 5.42. The molecule has 0 unspecified atom stereocenters. The molecule has 0 heterocycles. The van der Waals surface area contributed by atoms with Crippen LogP contribution in [0, 0.1) is 13.8 Å². The van der Waals surface area contributed by atoms with Crippen molar-refractivity contribution in [1.82, 2.24) is 0 Å². The fourth-order valence-electron chi connectivity index (χ4n) is 2.15. The maximum absolute atomic E-state index is 12.1. The number of carbonyl (C=O) groups excluding carboxylic acids is 1. The number of nitrogens with two attached hydrogens (primary N) is 1. The molecule has 3 heteroatoms. The first kappa shape index (κ1) is 15.3. The summed E-state index contributed by atoms with van der Waals surface area (Å²) >= 11 is 0. The van der Waals surface area contributed by atoms with Crippen molar-refractivity contribution >= 4 is 11.6 Å². The van der Waals surface area contributed by atoms with E-state index in [1.54, 1.807) is 0 Å². The fraction of sp³-hybridized carbons (Fsp3) is 0.278.